The number of aromatic amines is 1. The van der Waals surface area contributed by atoms with E-state index in [0.29, 0.717) is 16.8 Å². The number of aromatic nitrogens is 2. The van der Waals surface area contributed by atoms with Gasteiger partial charge in [0.1, 0.15) is 11.4 Å². The van der Waals surface area contributed by atoms with E-state index in [2.05, 4.69) is 16.2 Å². The van der Waals surface area contributed by atoms with Gasteiger partial charge in [-0.25, -0.2) is 4.98 Å². The minimum atomic E-state index is -0.335. The van der Waals surface area contributed by atoms with E-state index >= 15 is 0 Å². The average molecular weight is 337 g/mol. The van der Waals surface area contributed by atoms with Crippen molar-refractivity contribution in [3.63, 3.8) is 0 Å². The van der Waals surface area contributed by atoms with E-state index in [4.69, 9.17) is 0 Å². The number of hydrogen-bond donors (Lipinski definition) is 1. The van der Waals surface area contributed by atoms with E-state index in [1.807, 2.05) is 20.8 Å². The Labute approximate surface area is 142 Å². The van der Waals surface area contributed by atoms with Gasteiger partial charge in [0.15, 0.2) is 0 Å². The Bertz CT molecular complexity index is 648. The van der Waals surface area contributed by atoms with E-state index in [0.717, 1.165) is 19.3 Å². The lowest BCUT2D eigenvalue weighted by Crippen LogP contribution is -2.43. The van der Waals surface area contributed by atoms with E-state index in [1.54, 1.807) is 30.6 Å². The summed E-state index contributed by atoms with van der Waals surface area (Å²) >= 11 is 1.80. The molecule has 0 spiro atoms. The summed E-state index contributed by atoms with van der Waals surface area (Å²) < 4.78 is 0. The van der Waals surface area contributed by atoms with Crippen LogP contribution in [0.5, 0.6) is 0 Å². The fourth-order valence-corrected chi connectivity index (χ4v) is 4.18. The second kappa shape index (κ2) is 6.67. The van der Waals surface area contributed by atoms with Crippen LogP contribution in [-0.2, 0) is 5.41 Å². The molecule has 2 rings (SSSR count). The van der Waals surface area contributed by atoms with Gasteiger partial charge in [0.2, 0.25) is 0 Å². The average Bonchev–Trinajstić information content (AvgIpc) is 2.92. The van der Waals surface area contributed by atoms with Crippen LogP contribution in [0.2, 0.25) is 0 Å². The van der Waals surface area contributed by atoms with Crippen molar-refractivity contribution in [3.05, 3.63) is 27.4 Å². The third-order valence-corrected chi connectivity index (χ3v) is 5.72. The lowest BCUT2D eigenvalue weighted by molar-refractivity contribution is 0.0735. The molecule has 0 saturated heterocycles. The number of carbonyl (C=O) groups is 1. The predicted octanol–water partition coefficient (Wildman–Crippen LogP) is 2.73. The molecule has 0 radical (unpaired) electrons. The fourth-order valence-electron chi connectivity index (χ4n) is 3.14. The number of thioether (sulfide) groups is 1. The molecular formula is C17H27N3O2S. The predicted molar refractivity (Wildman–Crippen MR) is 95.3 cm³/mol. The van der Waals surface area contributed by atoms with Gasteiger partial charge >= 0.3 is 0 Å². The molecule has 0 aromatic carbocycles. The molecule has 23 heavy (non-hydrogen) atoms. The summed E-state index contributed by atoms with van der Waals surface area (Å²) in [5, 5.41) is 0.449. The van der Waals surface area contributed by atoms with Crippen LogP contribution >= 0.6 is 11.8 Å². The van der Waals surface area contributed by atoms with Gasteiger partial charge in [-0.15, -0.1) is 0 Å². The van der Waals surface area contributed by atoms with E-state index in [-0.39, 0.29) is 28.5 Å². The number of H-pyrrole nitrogens is 1. The first-order valence-corrected chi connectivity index (χ1v) is 9.37. The van der Waals surface area contributed by atoms with Gasteiger partial charge in [-0.05, 0) is 26.0 Å². The van der Waals surface area contributed by atoms with Crippen molar-refractivity contribution in [1.29, 1.82) is 0 Å². The Hall–Kier alpha value is -1.30. The topological polar surface area (TPSA) is 66.1 Å². The molecule has 1 N–H and O–H groups in total. The molecule has 1 aromatic heterocycles. The molecule has 1 heterocycles. The van der Waals surface area contributed by atoms with Crippen molar-refractivity contribution in [2.75, 3.05) is 13.3 Å². The summed E-state index contributed by atoms with van der Waals surface area (Å²) in [5.74, 6) is 0.393. The van der Waals surface area contributed by atoms with Crippen LogP contribution in [-0.4, -0.2) is 45.4 Å². The van der Waals surface area contributed by atoms with Crippen molar-refractivity contribution in [2.45, 2.75) is 63.7 Å². The number of aryl methyl sites for hydroxylation is 1. The Morgan fingerprint density at radius 2 is 2.00 bits per heavy atom. The summed E-state index contributed by atoms with van der Waals surface area (Å²) in [6.45, 7) is 7.70. The molecule has 5 nitrogen and oxygen atoms in total. The molecule has 1 aromatic rings. The first kappa shape index (κ1) is 18.0. The molecule has 1 amide bonds. The van der Waals surface area contributed by atoms with Gasteiger partial charge in [0, 0.05) is 23.8 Å². The molecule has 1 saturated carbocycles. The molecule has 0 aliphatic heterocycles. The first-order valence-electron chi connectivity index (χ1n) is 8.08. The van der Waals surface area contributed by atoms with Crippen LogP contribution in [0, 0.1) is 6.92 Å². The van der Waals surface area contributed by atoms with Crippen molar-refractivity contribution in [2.24, 2.45) is 0 Å². The van der Waals surface area contributed by atoms with Crippen LogP contribution in [0.1, 0.15) is 61.9 Å². The number of amides is 1. The zero-order chi connectivity index (χ0) is 17.4. The maximum absolute atomic E-state index is 12.9. The quantitative estimate of drug-likeness (QED) is 0.921. The van der Waals surface area contributed by atoms with Crippen LogP contribution in [0.15, 0.2) is 4.79 Å². The minimum absolute atomic E-state index is 0.173. The van der Waals surface area contributed by atoms with Crippen molar-refractivity contribution >= 4 is 17.7 Å². The standard InChI is InChI=1S/C17H27N3O2S/c1-10-13(14(21)19-16(18-10)17(2,3)4)15(22)20(5)11-8-7-9-12(11)23-6/h11-12H,7-9H2,1-6H3,(H,18,19,21)/t11-,12+/m0/s1. The second-order valence-electron chi connectivity index (χ2n) is 7.31. The number of carbonyl (C=O) groups excluding carboxylic acids is 1. The monoisotopic (exact) mass is 337 g/mol. The van der Waals surface area contributed by atoms with Crippen LogP contribution in [0.25, 0.3) is 0 Å². The van der Waals surface area contributed by atoms with E-state index in [9.17, 15) is 9.59 Å². The molecular weight excluding hydrogens is 310 g/mol. The Morgan fingerprint density at radius 3 is 2.52 bits per heavy atom. The van der Waals surface area contributed by atoms with Gasteiger partial charge in [-0.1, -0.05) is 27.2 Å². The van der Waals surface area contributed by atoms with Gasteiger partial charge in [0.25, 0.3) is 11.5 Å². The summed E-state index contributed by atoms with van der Waals surface area (Å²) in [4.78, 5) is 34.3. The summed E-state index contributed by atoms with van der Waals surface area (Å²) in [6.07, 6.45) is 5.33. The third kappa shape index (κ3) is 3.62. The normalized spacial score (nSPS) is 21.5. The summed E-state index contributed by atoms with van der Waals surface area (Å²) in [7, 11) is 1.80. The SMILES string of the molecule is CS[C@@H]1CCC[C@@H]1N(C)C(=O)c1c(C)nc(C(C)(C)C)[nH]c1=O. The van der Waals surface area contributed by atoms with Crippen molar-refractivity contribution < 1.29 is 4.79 Å². The highest BCUT2D eigenvalue weighted by Crippen LogP contribution is 2.32. The van der Waals surface area contributed by atoms with Crippen LogP contribution in [0.4, 0.5) is 0 Å². The maximum Gasteiger partial charge on any atom is 0.264 e. The van der Waals surface area contributed by atoms with Crippen molar-refractivity contribution in [1.82, 2.24) is 14.9 Å². The molecule has 1 aliphatic carbocycles. The molecule has 6 heteroatoms. The minimum Gasteiger partial charge on any atom is -0.337 e. The maximum atomic E-state index is 12.9. The highest BCUT2D eigenvalue weighted by molar-refractivity contribution is 7.99. The largest absolute Gasteiger partial charge is 0.337 e. The number of nitrogens with zero attached hydrogens (tertiary/aromatic N) is 2. The molecule has 2 atom stereocenters. The Morgan fingerprint density at radius 1 is 1.35 bits per heavy atom. The van der Waals surface area contributed by atoms with Gasteiger partial charge in [0.05, 0.1) is 5.69 Å². The second-order valence-corrected chi connectivity index (χ2v) is 8.39. The van der Waals surface area contributed by atoms with Gasteiger partial charge < -0.3 is 9.88 Å². The smallest absolute Gasteiger partial charge is 0.264 e. The van der Waals surface area contributed by atoms with E-state index in [1.165, 1.54) is 0 Å². The first-order chi connectivity index (χ1) is 10.7. The van der Waals surface area contributed by atoms with Gasteiger partial charge in [-0.3, -0.25) is 9.59 Å². The molecule has 0 unspecified atom stereocenters. The summed E-state index contributed by atoms with van der Waals surface area (Å²) in [6, 6.07) is 0.193. The van der Waals surface area contributed by atoms with E-state index < -0.39 is 0 Å². The number of hydrogen-bond acceptors (Lipinski definition) is 4. The molecule has 128 valence electrons. The third-order valence-electron chi connectivity index (χ3n) is 4.56. The zero-order valence-electron chi connectivity index (χ0n) is 14.9. The molecule has 1 fully saturated rings. The molecule has 0 bridgehead atoms. The highest BCUT2D eigenvalue weighted by atomic mass is 32.2. The Kier molecular flexibility index (Phi) is 5.23. The van der Waals surface area contributed by atoms with Crippen molar-refractivity contribution in [3.8, 4) is 0 Å². The highest BCUT2D eigenvalue weighted by Gasteiger charge is 2.34. The fraction of sp³-hybridized carbons (Fsp3) is 0.706. The lowest BCUT2D eigenvalue weighted by Gasteiger charge is -2.29. The zero-order valence-corrected chi connectivity index (χ0v) is 15.7. The van der Waals surface area contributed by atoms with Gasteiger partial charge in [-0.2, -0.15) is 11.8 Å². The summed E-state index contributed by atoms with van der Waals surface area (Å²) in [5.41, 5.74) is 0.0896. The van der Waals surface area contributed by atoms with Crippen LogP contribution in [0.3, 0.4) is 0 Å². The Balaban J connectivity index is 2.35. The molecule has 1 aliphatic rings. The number of rotatable bonds is 3. The number of nitrogens with one attached hydrogen (secondary N) is 1. The van der Waals surface area contributed by atoms with Crippen LogP contribution < -0.4 is 5.56 Å². The lowest BCUT2D eigenvalue weighted by atomic mass is 9.95.